The van der Waals surface area contributed by atoms with Gasteiger partial charge < -0.3 is 10.2 Å². The van der Waals surface area contributed by atoms with Crippen LogP contribution in [0.5, 0.6) is 0 Å². The minimum atomic E-state index is -3.84. The molecule has 0 spiro atoms. The van der Waals surface area contributed by atoms with E-state index in [0.717, 1.165) is 21.7 Å². The van der Waals surface area contributed by atoms with Gasteiger partial charge in [0.05, 0.1) is 22.0 Å². The molecule has 0 bridgehead atoms. The van der Waals surface area contributed by atoms with Crippen molar-refractivity contribution in [2.45, 2.75) is 40.3 Å². The van der Waals surface area contributed by atoms with E-state index in [1.165, 1.54) is 23.1 Å². The maximum absolute atomic E-state index is 13.5. The molecule has 7 nitrogen and oxygen atoms in total. The quantitative estimate of drug-likeness (QED) is 0.500. The topological polar surface area (TPSA) is 86.8 Å². The number of carbonyl (C=O) groups excluding carboxylic acids is 2. The molecule has 2 aromatic rings. The Balaban J connectivity index is 2.39. The van der Waals surface area contributed by atoms with Gasteiger partial charge in [-0.2, -0.15) is 0 Å². The highest BCUT2D eigenvalue weighted by atomic mass is 35.5. The molecule has 0 unspecified atom stereocenters. The molecule has 0 heterocycles. The summed E-state index contributed by atoms with van der Waals surface area (Å²) in [7, 11) is -3.84. The van der Waals surface area contributed by atoms with E-state index in [-0.39, 0.29) is 34.1 Å². The summed E-state index contributed by atoms with van der Waals surface area (Å²) in [5.74, 6) is -0.590. The van der Waals surface area contributed by atoms with Crippen LogP contribution in [0.15, 0.2) is 42.5 Å². The molecule has 0 radical (unpaired) electrons. The Morgan fingerprint density at radius 2 is 1.71 bits per heavy atom. The minimum absolute atomic E-state index is 0.149. The number of amides is 2. The SMILES string of the molecule is Cc1cccc(CN(C(=O)CN(c2ccc(Cl)c(Cl)c2)S(C)(=O)=O)[C@H](C)C(=O)NCC(C)C)c1. The molecule has 34 heavy (non-hydrogen) atoms. The van der Waals surface area contributed by atoms with Crippen LogP contribution in [0.2, 0.25) is 10.0 Å². The Bertz CT molecular complexity index is 1140. The van der Waals surface area contributed by atoms with Crippen LogP contribution >= 0.6 is 23.2 Å². The Morgan fingerprint density at radius 3 is 2.26 bits per heavy atom. The molecule has 0 aliphatic carbocycles. The van der Waals surface area contributed by atoms with E-state index in [0.29, 0.717) is 6.54 Å². The van der Waals surface area contributed by atoms with Crippen LogP contribution in [0.1, 0.15) is 31.9 Å². The van der Waals surface area contributed by atoms with Gasteiger partial charge in [-0.1, -0.05) is 66.9 Å². The summed E-state index contributed by atoms with van der Waals surface area (Å²) >= 11 is 12.0. The molecule has 0 fully saturated rings. The summed E-state index contributed by atoms with van der Waals surface area (Å²) in [5, 5.41) is 3.28. The van der Waals surface area contributed by atoms with Gasteiger partial charge in [0.15, 0.2) is 0 Å². The largest absolute Gasteiger partial charge is 0.354 e. The lowest BCUT2D eigenvalue weighted by molar-refractivity contribution is -0.139. The lowest BCUT2D eigenvalue weighted by Gasteiger charge is -2.31. The zero-order valence-corrected chi connectivity index (χ0v) is 22.3. The van der Waals surface area contributed by atoms with Crippen LogP contribution in [0.25, 0.3) is 0 Å². The zero-order chi connectivity index (χ0) is 25.6. The van der Waals surface area contributed by atoms with Crippen molar-refractivity contribution in [1.82, 2.24) is 10.2 Å². The highest BCUT2D eigenvalue weighted by Crippen LogP contribution is 2.28. The van der Waals surface area contributed by atoms with Gasteiger partial charge >= 0.3 is 0 Å². The van der Waals surface area contributed by atoms with E-state index in [1.54, 1.807) is 6.92 Å². The fourth-order valence-corrected chi connectivity index (χ4v) is 4.43. The number of hydrogen-bond acceptors (Lipinski definition) is 4. The van der Waals surface area contributed by atoms with E-state index in [4.69, 9.17) is 23.2 Å². The first-order valence-electron chi connectivity index (χ1n) is 10.8. The third-order valence-electron chi connectivity index (χ3n) is 5.16. The molecule has 0 aliphatic rings. The summed E-state index contributed by atoms with van der Waals surface area (Å²) in [4.78, 5) is 27.7. The number of rotatable bonds is 10. The van der Waals surface area contributed by atoms with Crippen LogP contribution < -0.4 is 9.62 Å². The molecule has 186 valence electrons. The van der Waals surface area contributed by atoms with Crippen molar-refractivity contribution < 1.29 is 18.0 Å². The molecule has 0 aliphatic heterocycles. The van der Waals surface area contributed by atoms with Gasteiger partial charge in [-0.05, 0) is 43.5 Å². The number of anilines is 1. The van der Waals surface area contributed by atoms with Crippen LogP contribution in [-0.4, -0.2) is 50.5 Å². The number of hydrogen-bond donors (Lipinski definition) is 1. The maximum atomic E-state index is 13.5. The zero-order valence-electron chi connectivity index (χ0n) is 20.0. The number of nitrogens with one attached hydrogen (secondary N) is 1. The van der Waals surface area contributed by atoms with Crippen molar-refractivity contribution in [2.24, 2.45) is 5.92 Å². The van der Waals surface area contributed by atoms with Gasteiger partial charge in [0.2, 0.25) is 21.8 Å². The number of sulfonamides is 1. The number of nitrogens with zero attached hydrogens (tertiary/aromatic N) is 2. The van der Waals surface area contributed by atoms with E-state index in [2.05, 4.69) is 5.32 Å². The second-order valence-electron chi connectivity index (χ2n) is 8.69. The van der Waals surface area contributed by atoms with Crippen molar-refractivity contribution >= 4 is 50.7 Å². The molecule has 0 aromatic heterocycles. The van der Waals surface area contributed by atoms with Gasteiger partial charge in [0.25, 0.3) is 0 Å². The van der Waals surface area contributed by atoms with Gasteiger partial charge in [-0.15, -0.1) is 0 Å². The third kappa shape index (κ3) is 7.89. The summed E-state index contributed by atoms with van der Waals surface area (Å²) in [6.45, 7) is 7.63. The van der Waals surface area contributed by atoms with E-state index < -0.39 is 28.5 Å². The Kier molecular flexibility index (Phi) is 9.79. The van der Waals surface area contributed by atoms with Crippen molar-refractivity contribution in [3.63, 3.8) is 0 Å². The van der Waals surface area contributed by atoms with Crippen molar-refractivity contribution in [3.8, 4) is 0 Å². The molecule has 1 atom stereocenters. The molecule has 2 aromatic carbocycles. The Morgan fingerprint density at radius 1 is 1.03 bits per heavy atom. The van der Waals surface area contributed by atoms with E-state index in [1.807, 2.05) is 45.0 Å². The average Bonchev–Trinajstić information content (AvgIpc) is 2.74. The van der Waals surface area contributed by atoms with Gasteiger partial charge in [0.1, 0.15) is 12.6 Å². The third-order valence-corrected chi connectivity index (χ3v) is 7.04. The summed E-state index contributed by atoms with van der Waals surface area (Å²) in [6.07, 6.45) is 1.01. The van der Waals surface area contributed by atoms with Gasteiger partial charge in [0, 0.05) is 13.1 Å². The Labute approximate surface area is 212 Å². The first-order chi connectivity index (χ1) is 15.8. The Hall–Kier alpha value is -2.29. The lowest BCUT2D eigenvalue weighted by Crippen LogP contribution is -2.51. The molecule has 10 heteroatoms. The highest BCUT2D eigenvalue weighted by Gasteiger charge is 2.30. The van der Waals surface area contributed by atoms with Crippen LogP contribution in [0.3, 0.4) is 0 Å². The van der Waals surface area contributed by atoms with Crippen molar-refractivity contribution in [1.29, 1.82) is 0 Å². The number of aryl methyl sites for hydroxylation is 1. The molecule has 0 saturated carbocycles. The minimum Gasteiger partial charge on any atom is -0.354 e. The average molecular weight is 529 g/mol. The standard InChI is InChI=1S/C24H31Cl2N3O4S/c1-16(2)13-27-24(31)18(4)28(14-19-8-6-7-17(3)11-19)23(30)15-29(34(5,32)33)20-9-10-21(25)22(26)12-20/h6-12,16,18H,13-15H2,1-5H3,(H,27,31)/t18-/m1/s1. The number of carbonyl (C=O) groups is 2. The van der Waals surface area contributed by atoms with Crippen molar-refractivity contribution in [2.75, 3.05) is 23.7 Å². The summed E-state index contributed by atoms with van der Waals surface area (Å²) in [6, 6.07) is 11.1. The molecular weight excluding hydrogens is 497 g/mol. The molecule has 1 N–H and O–H groups in total. The smallest absolute Gasteiger partial charge is 0.244 e. The second kappa shape index (κ2) is 11.9. The van der Waals surface area contributed by atoms with Gasteiger partial charge in [-0.3, -0.25) is 13.9 Å². The van der Waals surface area contributed by atoms with E-state index in [9.17, 15) is 18.0 Å². The van der Waals surface area contributed by atoms with Crippen molar-refractivity contribution in [3.05, 3.63) is 63.6 Å². The van der Waals surface area contributed by atoms with Crippen LogP contribution in [0, 0.1) is 12.8 Å². The fourth-order valence-electron chi connectivity index (χ4n) is 3.30. The first-order valence-corrected chi connectivity index (χ1v) is 13.5. The molecule has 0 saturated heterocycles. The van der Waals surface area contributed by atoms with Crippen LogP contribution in [-0.2, 0) is 26.2 Å². The van der Waals surface area contributed by atoms with Gasteiger partial charge in [-0.25, -0.2) is 8.42 Å². The molecule has 2 amide bonds. The summed E-state index contributed by atoms with van der Waals surface area (Å²) < 4.78 is 26.1. The fraction of sp³-hybridized carbons (Fsp3) is 0.417. The van der Waals surface area contributed by atoms with Crippen LogP contribution in [0.4, 0.5) is 5.69 Å². The predicted molar refractivity (Wildman–Crippen MR) is 138 cm³/mol. The highest BCUT2D eigenvalue weighted by molar-refractivity contribution is 7.92. The molecular formula is C24H31Cl2N3O4S. The molecule has 2 rings (SSSR count). The normalized spacial score (nSPS) is 12.4. The van der Waals surface area contributed by atoms with E-state index >= 15 is 0 Å². The predicted octanol–water partition coefficient (Wildman–Crippen LogP) is 4.26. The lowest BCUT2D eigenvalue weighted by atomic mass is 10.1. The monoisotopic (exact) mass is 527 g/mol. The maximum Gasteiger partial charge on any atom is 0.244 e. The summed E-state index contributed by atoms with van der Waals surface area (Å²) in [5.41, 5.74) is 2.05. The first kappa shape index (κ1) is 28.0. The number of halogens is 2. The second-order valence-corrected chi connectivity index (χ2v) is 11.4. The number of benzene rings is 2.